The number of aromatic carboxylic acids is 1. The van der Waals surface area contributed by atoms with Gasteiger partial charge in [0.15, 0.2) is 0 Å². The van der Waals surface area contributed by atoms with E-state index in [1.807, 2.05) is 6.92 Å². The molecule has 1 aromatic carbocycles. The minimum absolute atomic E-state index is 0.194. The summed E-state index contributed by atoms with van der Waals surface area (Å²) in [6.07, 6.45) is 2.65. The molecule has 0 heterocycles. The zero-order valence-electron chi connectivity index (χ0n) is 9.51. The van der Waals surface area contributed by atoms with Gasteiger partial charge in [-0.05, 0) is 29.7 Å². The summed E-state index contributed by atoms with van der Waals surface area (Å²) in [7, 11) is 0. The van der Waals surface area contributed by atoms with Crippen molar-refractivity contribution in [1.29, 1.82) is 0 Å². The lowest BCUT2D eigenvalue weighted by Crippen LogP contribution is -1.97. The maximum atomic E-state index is 10.7. The van der Waals surface area contributed by atoms with Gasteiger partial charge in [-0.25, -0.2) is 9.59 Å². The van der Waals surface area contributed by atoms with Crippen LogP contribution in [0.5, 0.6) is 0 Å². The lowest BCUT2D eigenvalue weighted by molar-refractivity contribution is -0.131. The molecule has 0 spiro atoms. The first-order valence-corrected chi connectivity index (χ1v) is 5.31. The van der Waals surface area contributed by atoms with Crippen LogP contribution in [-0.4, -0.2) is 22.2 Å². The zero-order valence-corrected chi connectivity index (χ0v) is 9.51. The molecule has 1 aromatic rings. The topological polar surface area (TPSA) is 74.6 Å². The fraction of sp³-hybridized carbons (Fsp3) is 0.231. The molecule has 4 heteroatoms. The van der Waals surface area contributed by atoms with E-state index >= 15 is 0 Å². The summed E-state index contributed by atoms with van der Waals surface area (Å²) in [6, 6.07) is 6.22. The Labute approximate surface area is 99.2 Å². The van der Waals surface area contributed by atoms with Crippen molar-refractivity contribution < 1.29 is 19.8 Å². The van der Waals surface area contributed by atoms with Crippen molar-refractivity contribution in [1.82, 2.24) is 0 Å². The SMILES string of the molecule is CCC/C(=C\C(=O)O)c1ccc(C(=O)O)cc1. The van der Waals surface area contributed by atoms with Crippen LogP contribution in [0, 0.1) is 0 Å². The Morgan fingerprint density at radius 2 is 1.65 bits per heavy atom. The Morgan fingerprint density at radius 1 is 1.12 bits per heavy atom. The summed E-state index contributed by atoms with van der Waals surface area (Å²) in [6.45, 7) is 1.96. The monoisotopic (exact) mass is 234 g/mol. The van der Waals surface area contributed by atoms with Gasteiger partial charge in [0.2, 0.25) is 0 Å². The molecule has 0 amide bonds. The van der Waals surface area contributed by atoms with E-state index in [-0.39, 0.29) is 5.56 Å². The quantitative estimate of drug-likeness (QED) is 0.768. The zero-order chi connectivity index (χ0) is 12.8. The number of benzene rings is 1. The van der Waals surface area contributed by atoms with Crippen molar-refractivity contribution in [3.05, 3.63) is 41.5 Å². The van der Waals surface area contributed by atoms with Crippen molar-refractivity contribution in [2.45, 2.75) is 19.8 Å². The summed E-state index contributed by atoms with van der Waals surface area (Å²) >= 11 is 0. The highest BCUT2D eigenvalue weighted by Crippen LogP contribution is 2.20. The Morgan fingerprint density at radius 3 is 2.06 bits per heavy atom. The molecule has 0 saturated heterocycles. The first kappa shape index (κ1) is 13.0. The van der Waals surface area contributed by atoms with Gasteiger partial charge in [0.05, 0.1) is 5.56 Å². The fourth-order valence-electron chi connectivity index (χ4n) is 1.55. The lowest BCUT2D eigenvalue weighted by Gasteiger charge is -2.05. The Bertz CT molecular complexity index is 443. The third kappa shape index (κ3) is 3.75. The number of allylic oxidation sites excluding steroid dienone is 1. The summed E-state index contributed by atoms with van der Waals surface area (Å²) in [5.41, 5.74) is 1.65. The van der Waals surface area contributed by atoms with Crippen LogP contribution >= 0.6 is 0 Å². The van der Waals surface area contributed by atoms with E-state index < -0.39 is 11.9 Å². The van der Waals surface area contributed by atoms with Gasteiger partial charge in [-0.15, -0.1) is 0 Å². The van der Waals surface area contributed by atoms with Gasteiger partial charge < -0.3 is 10.2 Å². The Hall–Kier alpha value is -2.10. The van der Waals surface area contributed by atoms with E-state index in [1.165, 1.54) is 18.2 Å². The number of carboxylic acids is 2. The van der Waals surface area contributed by atoms with Crippen LogP contribution < -0.4 is 0 Å². The summed E-state index contributed by atoms with van der Waals surface area (Å²) in [5, 5.41) is 17.5. The molecule has 0 aliphatic rings. The third-order valence-corrected chi connectivity index (χ3v) is 2.32. The highest BCUT2D eigenvalue weighted by Gasteiger charge is 2.06. The minimum atomic E-state index is -0.990. The number of rotatable bonds is 5. The van der Waals surface area contributed by atoms with E-state index in [2.05, 4.69) is 0 Å². The summed E-state index contributed by atoms with van der Waals surface area (Å²) in [4.78, 5) is 21.3. The van der Waals surface area contributed by atoms with Crippen molar-refractivity contribution >= 4 is 17.5 Å². The Balaban J connectivity index is 3.03. The third-order valence-electron chi connectivity index (χ3n) is 2.32. The average molecular weight is 234 g/mol. The molecule has 0 atom stereocenters. The highest BCUT2D eigenvalue weighted by molar-refractivity contribution is 5.91. The normalized spacial score (nSPS) is 11.2. The summed E-state index contributed by atoms with van der Waals surface area (Å²) < 4.78 is 0. The first-order chi connectivity index (χ1) is 8.04. The van der Waals surface area contributed by atoms with Gasteiger partial charge in [-0.1, -0.05) is 25.5 Å². The molecule has 17 heavy (non-hydrogen) atoms. The average Bonchev–Trinajstić information content (AvgIpc) is 2.28. The van der Waals surface area contributed by atoms with Crippen LogP contribution in [0.3, 0.4) is 0 Å². The molecular formula is C13H14O4. The number of aliphatic carboxylic acids is 1. The van der Waals surface area contributed by atoms with E-state index in [1.54, 1.807) is 12.1 Å². The second-order valence-corrected chi connectivity index (χ2v) is 3.64. The lowest BCUT2D eigenvalue weighted by atomic mass is 10.00. The molecule has 0 aliphatic carbocycles. The van der Waals surface area contributed by atoms with Gasteiger partial charge in [0.1, 0.15) is 0 Å². The number of hydrogen-bond donors (Lipinski definition) is 2. The molecule has 0 bridgehead atoms. The van der Waals surface area contributed by atoms with Crippen molar-refractivity contribution in [2.75, 3.05) is 0 Å². The number of carbonyl (C=O) groups is 2. The predicted octanol–water partition coefficient (Wildman–Crippen LogP) is 2.65. The van der Waals surface area contributed by atoms with Gasteiger partial charge >= 0.3 is 11.9 Å². The van der Waals surface area contributed by atoms with Crippen molar-refractivity contribution in [2.24, 2.45) is 0 Å². The van der Waals surface area contributed by atoms with Crippen LogP contribution in [0.15, 0.2) is 30.3 Å². The van der Waals surface area contributed by atoms with Crippen LogP contribution in [0.25, 0.3) is 5.57 Å². The van der Waals surface area contributed by atoms with Crippen LogP contribution in [0.2, 0.25) is 0 Å². The molecule has 0 radical (unpaired) electrons. The highest BCUT2D eigenvalue weighted by atomic mass is 16.4. The Kier molecular flexibility index (Phi) is 4.46. The second-order valence-electron chi connectivity index (χ2n) is 3.64. The standard InChI is InChI=1S/C13H14O4/c1-2-3-11(8-12(14)15)9-4-6-10(7-5-9)13(16)17/h4-8H,2-3H2,1H3,(H,14,15)(H,16,17)/b11-8+. The van der Waals surface area contributed by atoms with Crippen LogP contribution in [-0.2, 0) is 4.79 Å². The molecule has 90 valence electrons. The van der Waals surface area contributed by atoms with Gasteiger partial charge in [0.25, 0.3) is 0 Å². The minimum Gasteiger partial charge on any atom is -0.478 e. The number of carboxylic acid groups (broad SMARTS) is 2. The van der Waals surface area contributed by atoms with E-state index in [9.17, 15) is 9.59 Å². The second kappa shape index (κ2) is 5.84. The largest absolute Gasteiger partial charge is 0.478 e. The molecule has 1 rings (SSSR count). The molecule has 2 N–H and O–H groups in total. The van der Waals surface area contributed by atoms with Gasteiger partial charge in [-0.2, -0.15) is 0 Å². The predicted molar refractivity (Wildman–Crippen MR) is 63.9 cm³/mol. The van der Waals surface area contributed by atoms with E-state index in [0.717, 1.165) is 12.0 Å². The van der Waals surface area contributed by atoms with Gasteiger partial charge in [0, 0.05) is 6.08 Å². The molecule has 0 aromatic heterocycles. The maximum absolute atomic E-state index is 10.7. The molecular weight excluding hydrogens is 220 g/mol. The molecule has 4 nitrogen and oxygen atoms in total. The molecule has 0 saturated carbocycles. The van der Waals surface area contributed by atoms with E-state index in [0.29, 0.717) is 12.0 Å². The van der Waals surface area contributed by atoms with Crippen molar-refractivity contribution in [3.8, 4) is 0 Å². The molecule has 0 fully saturated rings. The fourth-order valence-corrected chi connectivity index (χ4v) is 1.55. The van der Waals surface area contributed by atoms with Crippen LogP contribution in [0.4, 0.5) is 0 Å². The smallest absolute Gasteiger partial charge is 0.335 e. The maximum Gasteiger partial charge on any atom is 0.335 e. The summed E-state index contributed by atoms with van der Waals surface area (Å²) in [5.74, 6) is -1.98. The van der Waals surface area contributed by atoms with Crippen molar-refractivity contribution in [3.63, 3.8) is 0 Å². The van der Waals surface area contributed by atoms with E-state index in [4.69, 9.17) is 10.2 Å². The molecule has 0 aliphatic heterocycles. The number of hydrogen-bond acceptors (Lipinski definition) is 2. The van der Waals surface area contributed by atoms with Crippen LogP contribution in [0.1, 0.15) is 35.7 Å². The van der Waals surface area contributed by atoms with Gasteiger partial charge in [-0.3, -0.25) is 0 Å². The first-order valence-electron chi connectivity index (χ1n) is 5.31. The molecule has 0 unspecified atom stereocenters.